The first kappa shape index (κ1) is 83.4. The quantitative estimate of drug-likeness (QED) is 0.261. The van der Waals surface area contributed by atoms with Crippen LogP contribution < -0.4 is 30.6 Å². The third kappa shape index (κ3) is 37.5. The van der Waals surface area contributed by atoms with Gasteiger partial charge < -0.3 is 114 Å². The van der Waals surface area contributed by atoms with Gasteiger partial charge in [-0.25, -0.2) is 0 Å². The van der Waals surface area contributed by atoms with E-state index in [0.29, 0.717) is 0 Å². The number of carboxylic acids is 6. The van der Waals surface area contributed by atoms with Gasteiger partial charge in [0, 0.05) is 11.9 Å². The van der Waals surface area contributed by atoms with E-state index in [1.165, 1.54) is 0 Å². The van der Waals surface area contributed by atoms with Crippen LogP contribution in [-0.4, -0.2) is 111 Å². The smallest absolute Gasteiger partial charge is 0.550 e. The zero-order valence-corrected chi connectivity index (χ0v) is 26.8. The molecule has 0 atom stereocenters. The van der Waals surface area contributed by atoms with E-state index in [9.17, 15) is 59.4 Å². The van der Waals surface area contributed by atoms with E-state index < -0.39 is 60.0 Å². The van der Waals surface area contributed by atoms with E-state index in [0.717, 1.165) is 12.1 Å². The van der Waals surface area contributed by atoms with Crippen molar-refractivity contribution in [2.45, 2.75) is 12.8 Å². The summed E-state index contributed by atoms with van der Waals surface area (Å²) in [5.41, 5.74) is -1.68. The average Bonchev–Trinajstić information content (AvgIpc) is 3.31. The van der Waals surface area contributed by atoms with Crippen LogP contribution >= 0.6 is 0 Å². The van der Waals surface area contributed by atoms with Crippen molar-refractivity contribution >= 4 is 35.8 Å². The van der Waals surface area contributed by atoms with E-state index in [2.05, 4.69) is 10.2 Å². The molecule has 0 saturated heterocycles. The molecule has 2 radical (unpaired) electrons. The van der Waals surface area contributed by atoms with Crippen LogP contribution in [0.3, 0.4) is 0 Å². The van der Waals surface area contributed by atoms with Gasteiger partial charge in [0.15, 0.2) is 0 Å². The van der Waals surface area contributed by atoms with Crippen molar-refractivity contribution in [2.75, 3.05) is 0 Å². The maximum absolute atomic E-state index is 10.0. The number of carbonyl (C=O) groups excluding carboxylic acids is 6. The Kier molecular flexibility index (Phi) is 85.4. The van der Waals surface area contributed by atoms with Crippen LogP contribution in [0, 0.1) is 81.7 Å². The van der Waals surface area contributed by atoms with Crippen molar-refractivity contribution in [2.24, 2.45) is 0 Å². The summed E-state index contributed by atoms with van der Waals surface area (Å²) >= 11 is 0. The molecule has 0 unspecified atom stereocenters. The van der Waals surface area contributed by atoms with Gasteiger partial charge in [0.2, 0.25) is 0 Å². The maximum atomic E-state index is 10.0. The van der Waals surface area contributed by atoms with Crippen LogP contribution in [0.25, 0.3) is 0 Å². The Morgan fingerprint density at radius 2 is 0.690 bits per heavy atom. The van der Waals surface area contributed by atoms with Gasteiger partial charge in [0.1, 0.15) is 11.4 Å². The number of nitrogens with zero attached hydrogens (tertiary/aromatic N) is 2. The molecule has 0 amide bonds. The number of aromatic nitrogens is 4. The number of H-pyrrole nitrogens is 2. The molecule has 0 bridgehead atoms. The van der Waals surface area contributed by atoms with Crippen molar-refractivity contribution in [1.82, 2.24) is 20.4 Å². The summed E-state index contributed by atoms with van der Waals surface area (Å²) in [4.78, 5) is 59.1. The first-order valence-corrected chi connectivity index (χ1v) is 7.21. The summed E-state index contributed by atoms with van der Waals surface area (Å²) < 4.78 is 0. The van der Waals surface area contributed by atoms with E-state index in [1.807, 2.05) is 10.2 Å². The number of aromatic carboxylic acids is 4. The molecule has 0 aliphatic rings. The number of aromatic amines is 2. The Balaban J connectivity index is -0.0000000241. The summed E-state index contributed by atoms with van der Waals surface area (Å²) in [7, 11) is 0. The molecule has 0 spiro atoms. The largest absolute Gasteiger partial charge is 3.00 e. The summed E-state index contributed by atoms with van der Waals surface area (Å²) in [6, 6.07) is 1.65. The van der Waals surface area contributed by atoms with E-state index >= 15 is 0 Å². The summed E-state index contributed by atoms with van der Waals surface area (Å²) in [6.45, 7) is 0. The van der Waals surface area contributed by atoms with Crippen molar-refractivity contribution in [3.05, 3.63) is 34.9 Å². The van der Waals surface area contributed by atoms with Crippen LogP contribution in [0.5, 0.6) is 0 Å². The molecule has 2 aromatic rings. The second kappa shape index (κ2) is 43.0. The fourth-order valence-corrected chi connectivity index (χ4v) is 1.27. The van der Waals surface area contributed by atoms with Gasteiger partial charge >= 0.3 is 81.7 Å². The van der Waals surface area contributed by atoms with Crippen LogP contribution in [0.2, 0.25) is 0 Å². The van der Waals surface area contributed by atoms with Gasteiger partial charge in [-0.15, -0.1) is 0 Å². The van der Waals surface area contributed by atoms with Crippen LogP contribution in [0.4, 0.5) is 0 Å². The Bertz CT molecular complexity index is 833. The van der Waals surface area contributed by atoms with Gasteiger partial charge in [-0.05, 0) is 25.0 Å². The Morgan fingerprint density at radius 1 is 0.476 bits per heavy atom. The molecule has 2 aromatic heterocycles. The fraction of sp³-hybridized carbons (Fsp3) is 0.143. The molecule has 28 heteroatoms. The Labute approximate surface area is 297 Å². The van der Waals surface area contributed by atoms with Gasteiger partial charge in [-0.1, -0.05) is 0 Å². The molecule has 0 aromatic carbocycles. The minimum absolute atomic E-state index is 0. The number of nitrogens with one attached hydrogen (secondary N) is 2. The topological polar surface area (TPSA) is 613 Å². The maximum Gasteiger partial charge on any atom is 3.00 e. The fourth-order valence-electron chi connectivity index (χ4n) is 1.27. The molecule has 22 N–H and O–H groups in total. The van der Waals surface area contributed by atoms with Crippen molar-refractivity contribution in [3.8, 4) is 0 Å². The van der Waals surface area contributed by atoms with Crippen molar-refractivity contribution < 1.29 is 196 Å². The van der Waals surface area contributed by atoms with Gasteiger partial charge in [0.05, 0.1) is 35.3 Å². The number of carbonyl (C=O) groups is 6. The molecular weight excluding hydrogens is 865 g/mol. The second-order valence-electron chi connectivity index (χ2n) is 4.73. The molecule has 2 rings (SSSR count). The monoisotopic (exact) mass is 888 g/mol. The molecule has 0 aliphatic carbocycles. The Morgan fingerprint density at radius 3 is 0.786 bits per heavy atom. The molecule has 0 saturated carbocycles. The van der Waals surface area contributed by atoms with Gasteiger partial charge in [0.25, 0.3) is 0 Å². The second-order valence-corrected chi connectivity index (χ2v) is 4.73. The molecule has 26 nitrogen and oxygen atoms in total. The molecular formula is C14H28N4Nd2O22. The van der Waals surface area contributed by atoms with Crippen molar-refractivity contribution in [1.29, 1.82) is 0 Å². The molecule has 0 fully saturated rings. The predicted molar refractivity (Wildman–Crippen MR) is 110 cm³/mol. The van der Waals surface area contributed by atoms with Crippen LogP contribution in [0.15, 0.2) is 12.1 Å². The normalized spacial score (nSPS) is 6.57. The SMILES string of the molecule is O.O.O.O.O.O.O.O.O.O.O=C([O-])CCC(=O)[O-].O=C([O-])c1cc(C(=O)[O-])[nH]n1.O=C([O-])c1cc(C(=O)[O-])[nH]n1.[Nd+3].[Nd+3]. The van der Waals surface area contributed by atoms with E-state index in [-0.39, 0.29) is 148 Å². The number of hydrogen-bond acceptors (Lipinski definition) is 14. The molecule has 2 heterocycles. The van der Waals surface area contributed by atoms with Gasteiger partial charge in [-0.3, -0.25) is 10.2 Å². The number of aliphatic carboxylic acids is 2. The first-order chi connectivity index (χ1) is 13.8. The summed E-state index contributed by atoms with van der Waals surface area (Å²) in [5, 5.41) is 69.3. The zero-order valence-electron chi connectivity index (χ0n) is 20.4. The summed E-state index contributed by atoms with van der Waals surface area (Å²) in [5.74, 6) is -8.82. The molecule has 0 aliphatic heterocycles. The first-order valence-electron chi connectivity index (χ1n) is 7.21. The third-order valence-corrected chi connectivity index (χ3v) is 2.55. The predicted octanol–water partition coefficient (Wildman–Crippen LogP) is -16.7. The van der Waals surface area contributed by atoms with E-state index in [1.54, 1.807) is 0 Å². The zero-order chi connectivity index (χ0) is 23.4. The van der Waals surface area contributed by atoms with Crippen LogP contribution in [-0.2, 0) is 9.59 Å². The number of rotatable bonds is 7. The third-order valence-electron chi connectivity index (χ3n) is 2.55. The van der Waals surface area contributed by atoms with Crippen molar-refractivity contribution in [3.63, 3.8) is 0 Å². The molecule has 244 valence electrons. The average molecular weight is 893 g/mol. The minimum atomic E-state index is -1.53. The van der Waals surface area contributed by atoms with Crippen LogP contribution in [0.1, 0.15) is 54.8 Å². The number of hydrogen-bond donors (Lipinski definition) is 2. The minimum Gasteiger partial charge on any atom is -0.550 e. The molecule has 42 heavy (non-hydrogen) atoms. The summed E-state index contributed by atoms with van der Waals surface area (Å²) in [6.07, 6.45) is -0.940. The van der Waals surface area contributed by atoms with E-state index in [4.69, 9.17) is 0 Å². The standard InChI is InChI=1S/2C5H4N2O4.C4H6O4.2Nd.10H2O/c2*8-4(9)2-1-3(5(10)11)7-6-2;5-3(6)1-2-4(7)8;;;;;;;;;;;;/h2*1H,(H,6,7)(H,8,9)(H,10,11);1-2H2,(H,5,6)(H,7,8);;;10*1H2/q;;;2*+3;;;;;;;;;;/p-6. The van der Waals surface area contributed by atoms with Gasteiger partial charge in [-0.2, -0.15) is 10.2 Å². The Hall–Kier alpha value is -2.46. The number of carboxylic acid groups (broad SMARTS) is 6.